The summed E-state index contributed by atoms with van der Waals surface area (Å²) < 4.78 is 16.1. The quantitative estimate of drug-likeness (QED) is 0.533. The van der Waals surface area contributed by atoms with Gasteiger partial charge in [-0.2, -0.15) is 0 Å². The van der Waals surface area contributed by atoms with Crippen LogP contribution in [0.15, 0.2) is 29.2 Å². The van der Waals surface area contributed by atoms with Crippen LogP contribution in [-0.2, 0) is 20.4 Å². The minimum Gasteiger partial charge on any atom is -0.491 e. The molecule has 3 nitrogen and oxygen atoms in total. The molecule has 1 aromatic carbocycles. The van der Waals surface area contributed by atoms with Crippen molar-refractivity contribution < 1.29 is 14.2 Å². The Labute approximate surface area is 143 Å². The minimum atomic E-state index is 0.483. The Morgan fingerprint density at radius 2 is 1.48 bits per heavy atom. The maximum atomic E-state index is 5.76. The van der Waals surface area contributed by atoms with E-state index in [0.717, 1.165) is 16.2 Å². The number of rotatable bonds is 8. The van der Waals surface area contributed by atoms with Crippen LogP contribution in [0.3, 0.4) is 0 Å². The van der Waals surface area contributed by atoms with Gasteiger partial charge in [-0.1, -0.05) is 0 Å². The molecule has 0 amide bonds. The molecule has 0 radical (unpaired) electrons. The molecule has 2 bridgehead atoms. The van der Waals surface area contributed by atoms with E-state index in [-0.39, 0.29) is 0 Å². The molecule has 4 heteroatoms. The van der Waals surface area contributed by atoms with Crippen molar-refractivity contribution >= 4 is 10.9 Å². The zero-order chi connectivity index (χ0) is 15.9. The molecule has 2 aliphatic rings. The molecule has 0 N–H and O–H groups in total. The molecule has 2 aliphatic heterocycles. The van der Waals surface area contributed by atoms with Crippen LogP contribution >= 0.6 is 0 Å². The molecular weight excluding hydrogens is 308 g/mol. The Kier molecular flexibility index (Phi) is 6.67. The van der Waals surface area contributed by atoms with Crippen molar-refractivity contribution in [2.24, 2.45) is 0 Å². The van der Waals surface area contributed by atoms with E-state index in [1.165, 1.54) is 38.5 Å². The molecule has 0 aliphatic carbocycles. The molecule has 128 valence electrons. The Morgan fingerprint density at radius 3 is 2.09 bits per heavy atom. The summed E-state index contributed by atoms with van der Waals surface area (Å²) in [6, 6.07) is 8.89. The zero-order valence-electron chi connectivity index (χ0n) is 14.2. The monoisotopic (exact) mass is 337 g/mol. The summed E-state index contributed by atoms with van der Waals surface area (Å²) >= 11 is 0. The number of fused-ring (bicyclic) bond motifs is 2. The van der Waals surface area contributed by atoms with Gasteiger partial charge in [0.15, 0.2) is 4.90 Å². The van der Waals surface area contributed by atoms with Crippen molar-refractivity contribution in [1.29, 1.82) is 0 Å². The fourth-order valence-corrected chi connectivity index (χ4v) is 7.20. The number of hydrogen-bond acceptors (Lipinski definition) is 3. The third-order valence-corrected chi connectivity index (χ3v) is 8.04. The summed E-state index contributed by atoms with van der Waals surface area (Å²) in [6.07, 6.45) is 8.66. The van der Waals surface area contributed by atoms with E-state index in [9.17, 15) is 0 Å². The molecule has 1 aromatic rings. The first kappa shape index (κ1) is 17.1. The van der Waals surface area contributed by atoms with Gasteiger partial charge < -0.3 is 14.2 Å². The van der Waals surface area contributed by atoms with Crippen LogP contribution in [0.4, 0.5) is 0 Å². The third kappa shape index (κ3) is 4.65. The van der Waals surface area contributed by atoms with Crippen molar-refractivity contribution in [3.63, 3.8) is 0 Å². The van der Waals surface area contributed by atoms with Gasteiger partial charge in [-0.05, 0) is 62.8 Å². The maximum absolute atomic E-state index is 5.76. The molecule has 2 fully saturated rings. The normalized spacial score (nSPS) is 26.9. The first-order valence-corrected chi connectivity index (χ1v) is 10.2. The fraction of sp³-hybridized carbons (Fsp3) is 0.684. The van der Waals surface area contributed by atoms with Gasteiger partial charge in [-0.25, -0.2) is 0 Å². The van der Waals surface area contributed by atoms with Gasteiger partial charge >= 0.3 is 0 Å². The van der Waals surface area contributed by atoms with Crippen LogP contribution in [0, 0.1) is 0 Å². The van der Waals surface area contributed by atoms with Crippen LogP contribution in [0.1, 0.15) is 38.5 Å². The molecule has 0 saturated carbocycles. The van der Waals surface area contributed by atoms with E-state index >= 15 is 0 Å². The Bertz CT molecular complexity index is 440. The van der Waals surface area contributed by atoms with Crippen molar-refractivity contribution in [3.8, 4) is 5.75 Å². The van der Waals surface area contributed by atoms with Crippen LogP contribution < -0.4 is 4.74 Å². The lowest BCUT2D eigenvalue weighted by atomic mass is 9.99. The second-order valence-electron chi connectivity index (χ2n) is 6.40. The van der Waals surface area contributed by atoms with Crippen LogP contribution in [0.5, 0.6) is 5.75 Å². The van der Waals surface area contributed by atoms with E-state index < -0.39 is 0 Å². The molecule has 2 saturated heterocycles. The number of hydrogen-bond donors (Lipinski definition) is 0. The first-order valence-electron chi connectivity index (χ1n) is 8.90. The molecule has 0 atom stereocenters. The van der Waals surface area contributed by atoms with Gasteiger partial charge in [0.1, 0.15) is 22.9 Å². The summed E-state index contributed by atoms with van der Waals surface area (Å²) in [4.78, 5) is 1.56. The molecule has 0 aromatic heterocycles. The van der Waals surface area contributed by atoms with Gasteiger partial charge in [-0.15, -0.1) is 0 Å². The number of methoxy groups -OCH3 is 1. The number of ether oxygens (including phenoxy) is 3. The second-order valence-corrected chi connectivity index (χ2v) is 8.95. The number of benzene rings is 1. The standard InChI is InChI=1S/C19H29O3S/c1-20-12-13-21-14-15-22-16-8-10-19(11-9-16)23-17-4-2-5-18(23)7-3-6-17/h8-11,17-18H,2-7,12-15H2,1H3/q+1. The second kappa shape index (κ2) is 8.95. The van der Waals surface area contributed by atoms with E-state index in [1.54, 1.807) is 12.0 Å². The van der Waals surface area contributed by atoms with Gasteiger partial charge in [0.25, 0.3) is 0 Å². The SMILES string of the molecule is COCCOCCOc1ccc([S+]2C3CCCC2CCC3)cc1. The molecule has 3 rings (SSSR count). The van der Waals surface area contributed by atoms with Gasteiger partial charge in [-0.3, -0.25) is 0 Å². The van der Waals surface area contributed by atoms with E-state index in [0.29, 0.717) is 37.3 Å². The van der Waals surface area contributed by atoms with Gasteiger partial charge in [0.05, 0.1) is 19.8 Å². The lowest BCUT2D eigenvalue weighted by Crippen LogP contribution is -2.40. The predicted octanol–water partition coefficient (Wildman–Crippen LogP) is 3.81. The average molecular weight is 338 g/mol. The highest BCUT2D eigenvalue weighted by atomic mass is 32.2. The Hall–Kier alpha value is -0.710. The van der Waals surface area contributed by atoms with E-state index in [4.69, 9.17) is 14.2 Å². The lowest BCUT2D eigenvalue weighted by molar-refractivity contribution is 0.0544. The smallest absolute Gasteiger partial charge is 0.155 e. The summed E-state index contributed by atoms with van der Waals surface area (Å²) in [7, 11) is 2.17. The molecule has 2 heterocycles. The molecular formula is C19H29O3S+. The molecule has 0 unspecified atom stereocenters. The molecule has 23 heavy (non-hydrogen) atoms. The van der Waals surface area contributed by atoms with Crippen molar-refractivity contribution in [2.75, 3.05) is 33.5 Å². The lowest BCUT2D eigenvalue weighted by Gasteiger charge is -2.34. The van der Waals surface area contributed by atoms with Crippen molar-refractivity contribution in [3.05, 3.63) is 24.3 Å². The largest absolute Gasteiger partial charge is 0.491 e. The topological polar surface area (TPSA) is 27.7 Å². The van der Waals surface area contributed by atoms with E-state index in [2.05, 4.69) is 24.3 Å². The summed E-state index contributed by atoms with van der Waals surface area (Å²) in [5, 5.41) is 1.90. The van der Waals surface area contributed by atoms with E-state index in [1.807, 2.05) is 0 Å². The summed E-state index contributed by atoms with van der Waals surface area (Å²) in [5.74, 6) is 0.954. The fourth-order valence-electron chi connectivity index (χ4n) is 3.76. The van der Waals surface area contributed by atoms with Crippen LogP contribution in [-0.4, -0.2) is 44.0 Å². The average Bonchev–Trinajstić information content (AvgIpc) is 2.58. The summed E-state index contributed by atoms with van der Waals surface area (Å²) in [6.45, 7) is 2.48. The Morgan fingerprint density at radius 1 is 0.870 bits per heavy atom. The van der Waals surface area contributed by atoms with Crippen molar-refractivity contribution in [1.82, 2.24) is 0 Å². The van der Waals surface area contributed by atoms with Gasteiger partial charge in [0, 0.05) is 18.0 Å². The maximum Gasteiger partial charge on any atom is 0.155 e. The molecule has 0 spiro atoms. The van der Waals surface area contributed by atoms with Crippen LogP contribution in [0.25, 0.3) is 0 Å². The zero-order valence-corrected chi connectivity index (χ0v) is 15.0. The summed E-state index contributed by atoms with van der Waals surface area (Å²) in [5.41, 5.74) is 0. The van der Waals surface area contributed by atoms with Crippen molar-refractivity contribution in [2.45, 2.75) is 53.9 Å². The highest BCUT2D eigenvalue weighted by molar-refractivity contribution is 7.98. The highest BCUT2D eigenvalue weighted by Gasteiger charge is 2.45. The highest BCUT2D eigenvalue weighted by Crippen LogP contribution is 2.42. The van der Waals surface area contributed by atoms with Gasteiger partial charge in [0.2, 0.25) is 0 Å². The Balaban J connectivity index is 1.49. The third-order valence-electron chi connectivity index (χ3n) is 4.85. The predicted molar refractivity (Wildman–Crippen MR) is 95.5 cm³/mol. The minimum absolute atomic E-state index is 0.483. The first-order chi connectivity index (χ1) is 11.4. The van der Waals surface area contributed by atoms with Crippen LogP contribution in [0.2, 0.25) is 0 Å².